The number of aliphatic hydroxyl groups excluding tert-OH is 3. The highest BCUT2D eigenvalue weighted by Crippen LogP contribution is 2.16. The first-order valence-corrected chi connectivity index (χ1v) is 39.2. The minimum atomic E-state index is -1.63. The molecule has 0 spiro atoms. The van der Waals surface area contributed by atoms with Gasteiger partial charge in [-0.25, -0.2) is 0 Å². The molecule has 11 amide bonds. The Morgan fingerprint density at radius 2 is 1.23 bits per heavy atom. The van der Waals surface area contributed by atoms with Crippen LogP contribution >= 0.6 is 0 Å². The maximum atomic E-state index is 14.0. The van der Waals surface area contributed by atoms with Crippen LogP contribution in [0.15, 0.2) is 35.3 Å². The molecule has 0 bridgehead atoms. The Hall–Kier alpha value is -8.40. The van der Waals surface area contributed by atoms with Gasteiger partial charge >= 0.3 is 0 Å². The van der Waals surface area contributed by atoms with Crippen LogP contribution in [0.1, 0.15) is 175 Å². The fourth-order valence-corrected chi connectivity index (χ4v) is 11.7. The summed E-state index contributed by atoms with van der Waals surface area (Å²) in [6.07, 6.45) is 3.74. The largest absolute Gasteiger partial charge is 0.394 e. The highest BCUT2D eigenvalue weighted by Gasteiger charge is 2.37. The van der Waals surface area contributed by atoms with Crippen molar-refractivity contribution in [3.8, 4) is 0 Å². The van der Waals surface area contributed by atoms with Gasteiger partial charge in [0.25, 0.3) is 0 Å². The summed E-state index contributed by atoms with van der Waals surface area (Å²) in [5, 5.41) is 69.2. The quantitative estimate of drug-likeness (QED) is 0.0170. The van der Waals surface area contributed by atoms with Crippen LogP contribution in [0, 0.1) is 5.92 Å². The number of benzene rings is 1. The van der Waals surface area contributed by atoms with Crippen molar-refractivity contribution in [3.05, 3.63) is 35.9 Å². The lowest BCUT2D eigenvalue weighted by molar-refractivity contribution is -0.136. The van der Waals surface area contributed by atoms with Gasteiger partial charge < -0.3 is 122 Å². The maximum Gasteiger partial charge on any atom is 0.245 e. The number of aliphatic imine (C=N–C) groups is 1. The fourth-order valence-electron chi connectivity index (χ4n) is 11.7. The molecular formula is C74H139N19O18. The molecule has 2 aliphatic heterocycles. The van der Waals surface area contributed by atoms with Gasteiger partial charge in [0.15, 0.2) is 17.5 Å². The summed E-state index contributed by atoms with van der Waals surface area (Å²) in [6, 6.07) is -3.83. The zero-order chi connectivity index (χ0) is 82.6. The second-order valence-electron chi connectivity index (χ2n) is 27.9. The number of carbonyl (C=O) groups excluding carboxylic acids is 13. The molecule has 1 aromatic rings. The first-order valence-electron chi connectivity index (χ1n) is 39.2. The second kappa shape index (κ2) is 57.6. The first kappa shape index (κ1) is 98.7. The Bertz CT molecular complexity index is 3050. The summed E-state index contributed by atoms with van der Waals surface area (Å²) >= 11 is 0. The summed E-state index contributed by atoms with van der Waals surface area (Å²) in [5.41, 5.74) is 23.3. The van der Waals surface area contributed by atoms with Crippen molar-refractivity contribution in [2.24, 2.45) is 33.8 Å². The molecule has 111 heavy (non-hydrogen) atoms. The molecule has 0 aromatic heterocycles. The van der Waals surface area contributed by atoms with Crippen LogP contribution in [-0.4, -0.2) is 268 Å². The lowest BCUT2D eigenvalue weighted by Gasteiger charge is -2.30. The molecular weight excluding hydrogens is 1440 g/mol. The number of hydrogen-bond donors (Lipinski definition) is 21. The predicted molar refractivity (Wildman–Crippen MR) is 424 cm³/mol. The summed E-state index contributed by atoms with van der Waals surface area (Å²) in [5.74, 6) is -8.66. The number of ketones is 2. The van der Waals surface area contributed by atoms with E-state index < -0.39 is 151 Å². The number of unbranched alkanes of at least 4 members (excludes halogenated alkanes) is 2. The highest BCUT2D eigenvalue weighted by atomic mass is 16.5. The van der Waals surface area contributed by atoms with Gasteiger partial charge in [-0.3, -0.25) is 67.3 Å². The van der Waals surface area contributed by atoms with E-state index in [0.717, 1.165) is 25.9 Å². The van der Waals surface area contributed by atoms with Crippen LogP contribution in [0.25, 0.3) is 0 Å². The molecule has 37 heteroatoms. The van der Waals surface area contributed by atoms with E-state index in [0.29, 0.717) is 103 Å². The minimum absolute atomic E-state index is 0. The Balaban J connectivity index is -0.00000213. The molecule has 0 aliphatic carbocycles. The number of carbonyl (C=O) groups is 13. The van der Waals surface area contributed by atoms with Crippen molar-refractivity contribution in [3.63, 3.8) is 0 Å². The van der Waals surface area contributed by atoms with Crippen LogP contribution in [-0.2, 0) is 78.2 Å². The third-order valence-corrected chi connectivity index (χ3v) is 18.4. The van der Waals surface area contributed by atoms with Crippen molar-refractivity contribution in [2.75, 3.05) is 91.9 Å². The molecule has 14 atom stereocenters. The molecule has 14 unspecified atom stereocenters. The molecule has 3 rings (SSSR count). The third kappa shape index (κ3) is 41.1. The number of amides is 11. The van der Waals surface area contributed by atoms with Crippen molar-refractivity contribution < 1.29 is 92.8 Å². The SMILES string of the molecule is CCCNCC(=O)NC1CCCC(C(=O)NC(C(=O)CC)C(C)O)NC(=O)C(C(C)O)NC(=O)CNC(=O)C(Cc2ccccc2)NC(=O)C(CCCN=C(N)N)NC1=O.CCCNCCOCCOCC(=O)CCCCNC1CCCC(CN)NC(=O)C(C(C)CC)NC(=O)C(CCCCN)NC(=O)C(CO)NC1=O.[HH].[HH].[HH].[HH]. The number of hydrogen-bond acceptors (Lipinski definition) is 24. The Morgan fingerprint density at radius 1 is 0.622 bits per heavy atom. The molecule has 1 aromatic carbocycles. The van der Waals surface area contributed by atoms with Gasteiger partial charge in [0.05, 0.1) is 57.8 Å². The van der Waals surface area contributed by atoms with Crippen molar-refractivity contribution >= 4 is 82.5 Å². The molecule has 2 aliphatic rings. The number of aliphatic hydroxyl groups is 3. The smallest absolute Gasteiger partial charge is 0.245 e. The van der Waals surface area contributed by atoms with Crippen molar-refractivity contribution in [1.82, 2.24) is 74.4 Å². The van der Waals surface area contributed by atoms with Gasteiger partial charge in [-0.05, 0) is 148 Å². The van der Waals surface area contributed by atoms with E-state index in [-0.39, 0.29) is 113 Å². The number of Topliss-reactive ketones (excluding diaryl/α,β-unsaturated/α-hetero) is 2. The van der Waals surface area contributed by atoms with E-state index in [1.807, 2.05) is 20.8 Å². The number of nitrogens with two attached hydrogens (primary N) is 4. The molecule has 2 saturated heterocycles. The standard InChI is InChI=1S/C39H63N11O10.C35H68N8O8.4H2/c1-5-17-42-20-30(54)45-25-14-10-15-26(37(59)50-32(22(3)51)29(53)6-2)47-38(60)33(23(4)52)49-31(55)21-44-34(56)28(19-24-12-8-7-9-13-24)48-36(58)27(46-35(25)57)16-11-18-43-39(40)41;1-4-16-38-18-19-50-20-21-51-24-27(45)12-7-9-17-39-28-14-10-11-26(22-37)40-35(49)31(25(3)5-2)43-33(47)29(13-6-8-15-36)41-34(48)30(23-44)42-32(28)46;;;;/h7-9,12-13,22-23,25-28,32-33,42,51-52H,5-6,10-11,14-21H2,1-4H3,(H,44,56)(H,45,54)(H,46,57)(H,47,60)(H,48,58)(H,49,55)(H,50,59)(H4,40,41,43);25-26,28-31,38-39,44H,4-24,36-37H2,1-3H3,(H,40,49)(H,41,48)(H,42,46)(H,43,47);4*1H. The molecule has 37 nitrogen and oxygen atoms in total. The van der Waals surface area contributed by atoms with Crippen LogP contribution in [0.5, 0.6) is 0 Å². The van der Waals surface area contributed by atoms with Gasteiger partial charge in [0.1, 0.15) is 61.0 Å². The van der Waals surface area contributed by atoms with Gasteiger partial charge in [-0.15, -0.1) is 0 Å². The van der Waals surface area contributed by atoms with Crippen LogP contribution in [0.2, 0.25) is 0 Å². The van der Waals surface area contributed by atoms with Gasteiger partial charge in [-0.2, -0.15) is 0 Å². The highest BCUT2D eigenvalue weighted by molar-refractivity contribution is 5.98. The van der Waals surface area contributed by atoms with E-state index in [4.69, 9.17) is 32.4 Å². The number of nitrogens with zero attached hydrogens (tertiary/aromatic N) is 1. The molecule has 2 fully saturated rings. The first-order chi connectivity index (χ1) is 53.1. The van der Waals surface area contributed by atoms with E-state index in [1.165, 1.54) is 13.8 Å². The minimum Gasteiger partial charge on any atom is -0.394 e. The molecule has 0 saturated carbocycles. The average molecular weight is 1580 g/mol. The molecule has 25 N–H and O–H groups in total. The predicted octanol–water partition coefficient (Wildman–Crippen LogP) is -3.82. The average Bonchev–Trinajstić information content (AvgIpc) is 1.44. The lowest BCUT2D eigenvalue weighted by Crippen LogP contribution is -2.60. The summed E-state index contributed by atoms with van der Waals surface area (Å²) in [4.78, 5) is 178. The van der Waals surface area contributed by atoms with Crippen LogP contribution in [0.3, 0.4) is 0 Å². The summed E-state index contributed by atoms with van der Waals surface area (Å²) in [7, 11) is 0. The van der Waals surface area contributed by atoms with E-state index in [9.17, 15) is 77.6 Å². The second-order valence-corrected chi connectivity index (χ2v) is 27.9. The lowest BCUT2D eigenvalue weighted by atomic mass is 9.96. The maximum absolute atomic E-state index is 14.0. The van der Waals surface area contributed by atoms with Crippen molar-refractivity contribution in [1.29, 1.82) is 0 Å². The molecule has 638 valence electrons. The summed E-state index contributed by atoms with van der Waals surface area (Å²) < 4.78 is 10.9. The van der Waals surface area contributed by atoms with Gasteiger partial charge in [0, 0.05) is 50.6 Å². The number of guanidine groups is 1. The molecule has 0 radical (unpaired) electrons. The monoisotopic (exact) mass is 1580 g/mol. The van der Waals surface area contributed by atoms with Gasteiger partial charge in [-0.1, -0.05) is 71.4 Å². The number of nitrogens with one attached hydrogen (secondary N) is 14. The Morgan fingerprint density at radius 3 is 1.87 bits per heavy atom. The number of rotatable bonds is 41. The van der Waals surface area contributed by atoms with Gasteiger partial charge in [0.2, 0.25) is 65.0 Å². The van der Waals surface area contributed by atoms with E-state index in [1.54, 1.807) is 37.3 Å². The zero-order valence-electron chi connectivity index (χ0n) is 66.0. The zero-order valence-corrected chi connectivity index (χ0v) is 66.0. The Labute approximate surface area is 658 Å². The Kier molecular flexibility index (Phi) is 51.2. The van der Waals surface area contributed by atoms with Crippen molar-refractivity contribution in [2.45, 2.75) is 249 Å². The fraction of sp³-hybridized carbons (Fsp3) is 0.730. The van der Waals surface area contributed by atoms with E-state index in [2.05, 4.69) is 86.4 Å². The molecule has 2 heterocycles. The van der Waals surface area contributed by atoms with Crippen LogP contribution < -0.4 is 97.4 Å². The van der Waals surface area contributed by atoms with Crippen LogP contribution in [0.4, 0.5) is 0 Å². The topological polar surface area (TPSA) is 586 Å². The normalized spacial score (nSPS) is 22.9. The summed E-state index contributed by atoms with van der Waals surface area (Å²) in [6.45, 7) is 15.1. The van der Waals surface area contributed by atoms with E-state index >= 15 is 0 Å². The number of ether oxygens (including phenoxy) is 2. The third-order valence-electron chi connectivity index (χ3n) is 18.4.